The van der Waals surface area contributed by atoms with Crippen LogP contribution in [0.3, 0.4) is 0 Å². The fourth-order valence-corrected chi connectivity index (χ4v) is 6.26. The van der Waals surface area contributed by atoms with Crippen molar-refractivity contribution in [3.8, 4) is 0 Å². The summed E-state index contributed by atoms with van der Waals surface area (Å²) in [5.41, 5.74) is 3.66. The number of rotatable bonds is 3. The average molecular weight is 405 g/mol. The Morgan fingerprint density at radius 3 is 2.72 bits per heavy atom. The first kappa shape index (κ1) is 18.7. The summed E-state index contributed by atoms with van der Waals surface area (Å²) in [5, 5.41) is 10.3. The van der Waals surface area contributed by atoms with Crippen molar-refractivity contribution < 1.29 is 4.79 Å². The normalized spacial score (nSPS) is 21.3. The Kier molecular flexibility index (Phi) is 4.43. The second kappa shape index (κ2) is 6.88. The van der Waals surface area contributed by atoms with E-state index in [1.54, 1.807) is 11.3 Å². The van der Waals surface area contributed by atoms with Gasteiger partial charge in [0.2, 0.25) is 0 Å². The van der Waals surface area contributed by atoms with Crippen LogP contribution in [0.4, 0.5) is 5.00 Å². The Morgan fingerprint density at radius 2 is 1.90 bits per heavy atom. The van der Waals surface area contributed by atoms with Crippen molar-refractivity contribution in [1.82, 2.24) is 5.32 Å². The number of fused-ring (bicyclic) bond motifs is 4. The lowest BCUT2D eigenvalue weighted by atomic mass is 9.69. The molecule has 0 spiro atoms. The smallest absolute Gasteiger partial charge is 0.256 e. The maximum atomic E-state index is 13.1. The molecule has 2 atom stereocenters. The van der Waals surface area contributed by atoms with Gasteiger partial charge in [-0.2, -0.15) is 0 Å². The summed E-state index contributed by atoms with van der Waals surface area (Å²) in [5.74, 6) is 0.763. The number of thiophene rings is 1. The van der Waals surface area contributed by atoms with Crippen LogP contribution < -0.4 is 10.6 Å². The predicted octanol–water partition coefficient (Wildman–Crippen LogP) is 6.30. The Hall–Kier alpha value is -2.33. The van der Waals surface area contributed by atoms with Gasteiger partial charge in [-0.15, -0.1) is 11.3 Å². The van der Waals surface area contributed by atoms with E-state index in [-0.39, 0.29) is 12.1 Å². The number of benzene rings is 2. The summed E-state index contributed by atoms with van der Waals surface area (Å²) in [6.07, 6.45) is 4.30. The van der Waals surface area contributed by atoms with E-state index in [0.29, 0.717) is 11.3 Å². The van der Waals surface area contributed by atoms with Crippen LogP contribution in [-0.4, -0.2) is 5.91 Å². The summed E-state index contributed by atoms with van der Waals surface area (Å²) in [6.45, 7) is 7.06. The zero-order valence-electron chi connectivity index (χ0n) is 17.3. The van der Waals surface area contributed by atoms with Crippen LogP contribution in [0.1, 0.15) is 66.1 Å². The summed E-state index contributed by atoms with van der Waals surface area (Å²) in [6, 6.07) is 14.7. The number of carbonyl (C=O) groups excluding carboxylic acids is 1. The molecule has 2 N–H and O–H groups in total. The topological polar surface area (TPSA) is 41.1 Å². The molecule has 1 aromatic heterocycles. The van der Waals surface area contributed by atoms with Crippen LogP contribution in [-0.2, 0) is 12.8 Å². The third-order valence-electron chi connectivity index (χ3n) is 7.19. The number of amides is 1. The molecule has 2 heterocycles. The second-order valence-corrected chi connectivity index (χ2v) is 10.2. The van der Waals surface area contributed by atoms with E-state index in [9.17, 15) is 4.79 Å². The second-order valence-electron chi connectivity index (χ2n) is 9.11. The van der Waals surface area contributed by atoms with Crippen molar-refractivity contribution in [3.05, 3.63) is 64.0 Å². The number of anilines is 1. The fourth-order valence-electron chi connectivity index (χ4n) is 4.91. The highest BCUT2D eigenvalue weighted by Crippen LogP contribution is 2.47. The number of nitrogens with one attached hydrogen (secondary N) is 2. The van der Waals surface area contributed by atoms with Crippen LogP contribution >= 0.6 is 11.3 Å². The van der Waals surface area contributed by atoms with Crippen molar-refractivity contribution in [3.63, 3.8) is 0 Å². The molecule has 0 saturated heterocycles. The summed E-state index contributed by atoms with van der Waals surface area (Å²) >= 11 is 1.80. The molecule has 0 unspecified atom stereocenters. The van der Waals surface area contributed by atoms with Gasteiger partial charge >= 0.3 is 0 Å². The zero-order chi connectivity index (χ0) is 20.2. The van der Waals surface area contributed by atoms with Gasteiger partial charge in [0.05, 0.1) is 5.56 Å². The van der Waals surface area contributed by atoms with Crippen LogP contribution in [0.15, 0.2) is 42.5 Å². The summed E-state index contributed by atoms with van der Waals surface area (Å²) in [4.78, 5) is 14.5. The van der Waals surface area contributed by atoms with Gasteiger partial charge in [-0.1, -0.05) is 69.7 Å². The molecule has 0 fully saturated rings. The van der Waals surface area contributed by atoms with E-state index in [1.807, 2.05) is 0 Å². The molecule has 0 saturated carbocycles. The molecule has 0 bridgehead atoms. The summed E-state index contributed by atoms with van der Waals surface area (Å²) in [7, 11) is 0. The summed E-state index contributed by atoms with van der Waals surface area (Å²) < 4.78 is 0. The highest BCUT2D eigenvalue weighted by atomic mass is 32.1. The molecule has 1 aliphatic carbocycles. The van der Waals surface area contributed by atoms with Crippen molar-refractivity contribution in [1.29, 1.82) is 0 Å². The molecule has 150 valence electrons. The van der Waals surface area contributed by atoms with Gasteiger partial charge in [-0.05, 0) is 46.9 Å². The van der Waals surface area contributed by atoms with Crippen molar-refractivity contribution in [2.24, 2.45) is 11.3 Å². The first-order chi connectivity index (χ1) is 14.0. The average Bonchev–Trinajstić information content (AvgIpc) is 3.11. The molecule has 5 rings (SSSR count). The molecule has 1 aliphatic heterocycles. The standard InChI is InChI=1S/C25H28N2OS/c1-4-25(2,3)16-12-13-19-20(14-16)29-24-21(19)23(28)26-22(27-24)18-11-7-9-15-8-5-6-10-17(15)18/h5-11,16,22,27H,4,12-14H2,1-3H3,(H,26,28)/t16-,22-/m1/s1. The molecule has 0 radical (unpaired) electrons. The molecule has 2 aliphatic rings. The quantitative estimate of drug-likeness (QED) is 0.538. The first-order valence-corrected chi connectivity index (χ1v) is 11.5. The Balaban J connectivity index is 1.50. The molecule has 2 aromatic carbocycles. The highest BCUT2D eigenvalue weighted by molar-refractivity contribution is 7.16. The molecular formula is C25H28N2OS. The highest BCUT2D eigenvalue weighted by Gasteiger charge is 2.37. The Labute approximate surface area is 176 Å². The number of hydrogen-bond acceptors (Lipinski definition) is 3. The minimum Gasteiger partial charge on any atom is -0.353 e. The van der Waals surface area contributed by atoms with E-state index >= 15 is 0 Å². The molecule has 29 heavy (non-hydrogen) atoms. The SMILES string of the molecule is CCC(C)(C)[C@@H]1CCc2c(sc3c2C(=O)N[C@@H](c2cccc4ccccc24)N3)C1. The van der Waals surface area contributed by atoms with E-state index in [0.717, 1.165) is 29.0 Å². The van der Waals surface area contributed by atoms with Gasteiger partial charge in [-0.3, -0.25) is 4.79 Å². The maximum absolute atomic E-state index is 13.1. The minimum absolute atomic E-state index is 0.0717. The van der Waals surface area contributed by atoms with Crippen molar-refractivity contribution >= 4 is 33.0 Å². The van der Waals surface area contributed by atoms with Crippen LogP contribution in [0.25, 0.3) is 10.8 Å². The largest absolute Gasteiger partial charge is 0.353 e. The Bertz CT molecular complexity index is 1090. The molecular weight excluding hydrogens is 376 g/mol. The van der Waals surface area contributed by atoms with Crippen LogP contribution in [0, 0.1) is 11.3 Å². The number of hydrogen-bond donors (Lipinski definition) is 2. The van der Waals surface area contributed by atoms with Crippen LogP contribution in [0.2, 0.25) is 0 Å². The van der Waals surface area contributed by atoms with Gasteiger partial charge in [-0.25, -0.2) is 0 Å². The lowest BCUT2D eigenvalue weighted by Gasteiger charge is -2.36. The lowest BCUT2D eigenvalue weighted by Crippen LogP contribution is -2.38. The molecule has 1 amide bonds. The molecule has 3 aromatic rings. The van der Waals surface area contributed by atoms with E-state index in [4.69, 9.17) is 0 Å². The van der Waals surface area contributed by atoms with Gasteiger partial charge in [0.15, 0.2) is 0 Å². The Morgan fingerprint density at radius 1 is 1.10 bits per heavy atom. The monoisotopic (exact) mass is 404 g/mol. The van der Waals surface area contributed by atoms with Crippen molar-refractivity contribution in [2.45, 2.75) is 52.6 Å². The maximum Gasteiger partial charge on any atom is 0.256 e. The molecule has 4 heteroatoms. The van der Waals surface area contributed by atoms with E-state index in [1.165, 1.54) is 34.1 Å². The van der Waals surface area contributed by atoms with Crippen LogP contribution in [0.5, 0.6) is 0 Å². The van der Waals surface area contributed by atoms with Gasteiger partial charge in [0.1, 0.15) is 11.2 Å². The third kappa shape index (κ3) is 3.05. The number of carbonyl (C=O) groups is 1. The predicted molar refractivity (Wildman–Crippen MR) is 122 cm³/mol. The van der Waals surface area contributed by atoms with Gasteiger partial charge in [0.25, 0.3) is 5.91 Å². The van der Waals surface area contributed by atoms with E-state index in [2.05, 4.69) is 73.9 Å². The molecule has 3 nitrogen and oxygen atoms in total. The zero-order valence-corrected chi connectivity index (χ0v) is 18.2. The third-order valence-corrected chi connectivity index (χ3v) is 8.38. The first-order valence-electron chi connectivity index (χ1n) is 10.7. The lowest BCUT2D eigenvalue weighted by molar-refractivity contribution is 0.0935. The fraction of sp³-hybridized carbons (Fsp3) is 0.400. The van der Waals surface area contributed by atoms with Crippen molar-refractivity contribution in [2.75, 3.05) is 5.32 Å². The van der Waals surface area contributed by atoms with Gasteiger partial charge < -0.3 is 10.6 Å². The minimum atomic E-state index is -0.191. The van der Waals surface area contributed by atoms with Gasteiger partial charge in [0, 0.05) is 10.4 Å². The van der Waals surface area contributed by atoms with E-state index < -0.39 is 0 Å².